The lowest BCUT2D eigenvalue weighted by atomic mass is 10.2. The number of benzene rings is 2. The monoisotopic (exact) mass is 551 g/mol. The van der Waals surface area contributed by atoms with Gasteiger partial charge in [-0.3, -0.25) is 9.59 Å². The number of carbonyl (C=O) groups excluding carboxylic acids is 2. The lowest BCUT2D eigenvalue weighted by molar-refractivity contribution is -0.116. The highest BCUT2D eigenvalue weighted by Gasteiger charge is 2.10. The molecule has 0 bridgehead atoms. The lowest BCUT2D eigenvalue weighted by Crippen LogP contribution is -2.09. The Morgan fingerprint density at radius 2 is 2.00 bits per heavy atom. The first-order valence-electron chi connectivity index (χ1n) is 9.12. The topological polar surface area (TPSA) is 80.3 Å². The first kappa shape index (κ1) is 22.5. The zero-order valence-corrected chi connectivity index (χ0v) is 20.3. The number of halogens is 2. The van der Waals surface area contributed by atoms with E-state index in [1.807, 2.05) is 31.2 Å². The maximum atomic E-state index is 12.4. The molecule has 0 aliphatic rings. The number of ether oxygens (including phenoxy) is 1. The number of thiazole rings is 1. The van der Waals surface area contributed by atoms with Crippen LogP contribution in [0.5, 0.6) is 5.75 Å². The number of methoxy groups -OCH3 is 1. The largest absolute Gasteiger partial charge is 0.495 e. The van der Waals surface area contributed by atoms with Crippen molar-refractivity contribution in [3.63, 3.8) is 0 Å². The van der Waals surface area contributed by atoms with Crippen molar-refractivity contribution in [1.82, 2.24) is 4.98 Å². The standard InChI is InChI=1S/C21H19Br2N3O3S/c1-3-4-18(27)26-21-25-16-7-6-14(11-17(16)30-21)24-19(28)8-5-12-9-13(22)10-15(23)20(12)29-2/h5-11H,3-4H2,1-2H3,(H,24,28)(H,25,26,27)/b8-5+. The minimum Gasteiger partial charge on any atom is -0.495 e. The van der Waals surface area contributed by atoms with E-state index in [1.54, 1.807) is 19.3 Å². The van der Waals surface area contributed by atoms with E-state index in [2.05, 4.69) is 47.5 Å². The highest BCUT2D eigenvalue weighted by atomic mass is 79.9. The molecule has 9 heteroatoms. The number of nitrogens with one attached hydrogen (secondary N) is 2. The first-order valence-corrected chi connectivity index (χ1v) is 11.5. The van der Waals surface area contributed by atoms with E-state index in [1.165, 1.54) is 17.4 Å². The van der Waals surface area contributed by atoms with E-state index in [0.29, 0.717) is 23.0 Å². The van der Waals surface area contributed by atoms with E-state index in [4.69, 9.17) is 4.74 Å². The third kappa shape index (κ3) is 5.68. The molecule has 3 rings (SSSR count). The number of nitrogens with zero attached hydrogens (tertiary/aromatic N) is 1. The Morgan fingerprint density at radius 1 is 1.20 bits per heavy atom. The number of carbonyl (C=O) groups is 2. The second-order valence-electron chi connectivity index (χ2n) is 6.33. The van der Waals surface area contributed by atoms with Crippen LogP contribution in [-0.2, 0) is 9.59 Å². The molecular formula is C21H19Br2N3O3S. The molecule has 1 aromatic heterocycles. The highest BCUT2D eigenvalue weighted by Crippen LogP contribution is 2.33. The second kappa shape index (κ2) is 10.2. The number of aromatic nitrogens is 1. The lowest BCUT2D eigenvalue weighted by Gasteiger charge is -2.08. The maximum Gasteiger partial charge on any atom is 0.248 e. The Bertz CT molecular complexity index is 1130. The molecule has 0 fully saturated rings. The summed E-state index contributed by atoms with van der Waals surface area (Å²) < 4.78 is 7.92. The molecule has 0 unspecified atom stereocenters. The zero-order valence-electron chi connectivity index (χ0n) is 16.3. The van der Waals surface area contributed by atoms with Crippen LogP contribution in [0.4, 0.5) is 10.8 Å². The average Bonchev–Trinajstić information content (AvgIpc) is 3.07. The van der Waals surface area contributed by atoms with Crippen molar-refractivity contribution in [1.29, 1.82) is 0 Å². The van der Waals surface area contributed by atoms with Crippen LogP contribution >= 0.6 is 43.2 Å². The van der Waals surface area contributed by atoms with Gasteiger partial charge in [-0.05, 0) is 58.8 Å². The number of rotatable bonds is 7. The fourth-order valence-electron chi connectivity index (χ4n) is 2.73. The molecule has 156 valence electrons. The van der Waals surface area contributed by atoms with Crippen molar-refractivity contribution >= 4 is 82.1 Å². The van der Waals surface area contributed by atoms with E-state index in [-0.39, 0.29) is 11.8 Å². The van der Waals surface area contributed by atoms with Crippen molar-refractivity contribution in [2.45, 2.75) is 19.8 Å². The first-order chi connectivity index (χ1) is 14.4. The summed E-state index contributed by atoms with van der Waals surface area (Å²) in [5.74, 6) is 0.323. The molecule has 3 aromatic rings. The van der Waals surface area contributed by atoms with Crippen LogP contribution in [-0.4, -0.2) is 23.9 Å². The summed E-state index contributed by atoms with van der Waals surface area (Å²) in [7, 11) is 1.58. The van der Waals surface area contributed by atoms with Gasteiger partial charge in [0.25, 0.3) is 0 Å². The van der Waals surface area contributed by atoms with Gasteiger partial charge in [0.15, 0.2) is 5.13 Å². The van der Waals surface area contributed by atoms with Gasteiger partial charge in [-0.2, -0.15) is 0 Å². The molecule has 30 heavy (non-hydrogen) atoms. The van der Waals surface area contributed by atoms with E-state index in [0.717, 1.165) is 31.1 Å². The van der Waals surface area contributed by atoms with Gasteiger partial charge in [0.2, 0.25) is 11.8 Å². The van der Waals surface area contributed by atoms with Crippen molar-refractivity contribution in [3.05, 3.63) is 50.9 Å². The molecule has 0 saturated carbocycles. The zero-order chi connectivity index (χ0) is 21.7. The third-order valence-corrected chi connectivity index (χ3v) is 6.02. The fourth-order valence-corrected chi connectivity index (χ4v) is 5.07. The molecule has 6 nitrogen and oxygen atoms in total. The molecule has 1 heterocycles. The van der Waals surface area contributed by atoms with Gasteiger partial charge in [0, 0.05) is 28.2 Å². The fraction of sp³-hybridized carbons (Fsp3) is 0.190. The average molecular weight is 553 g/mol. The summed E-state index contributed by atoms with van der Waals surface area (Å²) in [6, 6.07) is 9.17. The molecule has 0 spiro atoms. The Morgan fingerprint density at radius 3 is 2.73 bits per heavy atom. The van der Waals surface area contributed by atoms with Crippen molar-refractivity contribution in [2.24, 2.45) is 0 Å². The number of fused-ring (bicyclic) bond motifs is 1. The number of anilines is 2. The predicted molar refractivity (Wildman–Crippen MR) is 129 cm³/mol. The van der Waals surface area contributed by atoms with Crippen LogP contribution in [0.3, 0.4) is 0 Å². The quantitative estimate of drug-likeness (QED) is 0.341. The molecule has 0 saturated heterocycles. The predicted octanol–water partition coefficient (Wildman–Crippen LogP) is 6.22. The van der Waals surface area contributed by atoms with E-state index >= 15 is 0 Å². The van der Waals surface area contributed by atoms with Gasteiger partial charge < -0.3 is 15.4 Å². The SMILES string of the molecule is CCCC(=O)Nc1nc2ccc(NC(=O)/C=C/c3cc(Br)cc(Br)c3OC)cc2s1. The maximum absolute atomic E-state index is 12.4. The van der Waals surface area contributed by atoms with Crippen LogP contribution in [0.15, 0.2) is 45.4 Å². The number of hydrogen-bond donors (Lipinski definition) is 2. The van der Waals surface area contributed by atoms with E-state index in [9.17, 15) is 9.59 Å². The molecule has 2 amide bonds. The van der Waals surface area contributed by atoms with Crippen molar-refractivity contribution in [2.75, 3.05) is 17.7 Å². The summed E-state index contributed by atoms with van der Waals surface area (Å²) in [6.07, 6.45) is 4.38. The summed E-state index contributed by atoms with van der Waals surface area (Å²) in [6.45, 7) is 1.95. The van der Waals surface area contributed by atoms with Gasteiger partial charge in [0.1, 0.15) is 5.75 Å². The normalized spacial score (nSPS) is 11.1. The summed E-state index contributed by atoms with van der Waals surface area (Å²) in [5.41, 5.74) is 2.18. The Hall–Kier alpha value is -2.23. The van der Waals surface area contributed by atoms with Gasteiger partial charge in [-0.1, -0.05) is 34.2 Å². The molecule has 0 radical (unpaired) electrons. The second-order valence-corrected chi connectivity index (χ2v) is 9.13. The molecule has 0 atom stereocenters. The minimum atomic E-state index is -0.270. The number of hydrogen-bond acceptors (Lipinski definition) is 5. The molecule has 0 aliphatic carbocycles. The molecule has 0 aliphatic heterocycles. The van der Waals surface area contributed by atoms with Gasteiger partial charge in [-0.15, -0.1) is 0 Å². The summed E-state index contributed by atoms with van der Waals surface area (Å²) in [5, 5.41) is 6.20. The van der Waals surface area contributed by atoms with Crippen molar-refractivity contribution in [3.8, 4) is 5.75 Å². The van der Waals surface area contributed by atoms with Gasteiger partial charge in [0.05, 0.1) is 21.8 Å². The van der Waals surface area contributed by atoms with Gasteiger partial charge >= 0.3 is 0 Å². The summed E-state index contributed by atoms with van der Waals surface area (Å²) >= 11 is 8.25. The minimum absolute atomic E-state index is 0.0511. The van der Waals surface area contributed by atoms with Crippen LogP contribution in [0.1, 0.15) is 25.3 Å². The van der Waals surface area contributed by atoms with Gasteiger partial charge in [-0.25, -0.2) is 4.98 Å². The van der Waals surface area contributed by atoms with Crippen LogP contribution in [0, 0.1) is 0 Å². The third-order valence-electron chi connectivity index (χ3n) is 4.03. The molecule has 2 aromatic carbocycles. The number of amides is 2. The van der Waals surface area contributed by atoms with Crippen LogP contribution in [0.2, 0.25) is 0 Å². The smallest absolute Gasteiger partial charge is 0.248 e. The highest BCUT2D eigenvalue weighted by molar-refractivity contribution is 9.11. The Labute approximate surface area is 195 Å². The summed E-state index contributed by atoms with van der Waals surface area (Å²) in [4.78, 5) is 28.5. The Kier molecular flexibility index (Phi) is 7.63. The van der Waals surface area contributed by atoms with Crippen LogP contribution in [0.25, 0.3) is 16.3 Å². The van der Waals surface area contributed by atoms with Crippen molar-refractivity contribution < 1.29 is 14.3 Å². The Balaban J connectivity index is 1.72. The van der Waals surface area contributed by atoms with E-state index < -0.39 is 0 Å². The molecule has 2 N–H and O–H groups in total. The van der Waals surface area contributed by atoms with Crippen LogP contribution < -0.4 is 15.4 Å². The molecular weight excluding hydrogens is 534 g/mol.